The minimum atomic E-state index is -0.0954. The lowest BCUT2D eigenvalue weighted by Crippen LogP contribution is -2.53. The van der Waals surface area contributed by atoms with E-state index in [0.29, 0.717) is 0 Å². The van der Waals surface area contributed by atoms with Crippen LogP contribution in [0.3, 0.4) is 0 Å². The molecule has 8 nitrogen and oxygen atoms in total. The highest BCUT2D eigenvalue weighted by atomic mass is 32.1. The fourth-order valence-electron chi connectivity index (χ4n) is 2.84. The second-order valence-corrected chi connectivity index (χ2v) is 6.87. The van der Waals surface area contributed by atoms with Crippen molar-refractivity contribution in [2.45, 2.75) is 13.3 Å². The SMILES string of the molecule is CCc1nsc(N2CCN(C(=NC)NCC(=O)Nc3ccccc3)CC2)n1. The zero-order chi connectivity index (χ0) is 19.1. The fraction of sp³-hybridized carbons (Fsp3) is 0.444. The lowest BCUT2D eigenvalue weighted by atomic mass is 10.3. The molecule has 3 rings (SSSR count). The Balaban J connectivity index is 1.46. The Morgan fingerprint density at radius 3 is 2.59 bits per heavy atom. The molecule has 1 aromatic heterocycles. The van der Waals surface area contributed by atoms with Crippen LogP contribution in [0.25, 0.3) is 0 Å². The van der Waals surface area contributed by atoms with Gasteiger partial charge in [-0.3, -0.25) is 9.79 Å². The summed E-state index contributed by atoms with van der Waals surface area (Å²) >= 11 is 1.46. The number of nitrogens with one attached hydrogen (secondary N) is 2. The van der Waals surface area contributed by atoms with Gasteiger partial charge < -0.3 is 20.4 Å². The van der Waals surface area contributed by atoms with Crippen LogP contribution in [0.15, 0.2) is 35.3 Å². The number of guanidine groups is 1. The van der Waals surface area contributed by atoms with Gasteiger partial charge in [0.1, 0.15) is 5.82 Å². The Kier molecular flexibility index (Phi) is 6.59. The summed E-state index contributed by atoms with van der Waals surface area (Å²) in [6.45, 7) is 5.60. The van der Waals surface area contributed by atoms with E-state index >= 15 is 0 Å². The van der Waals surface area contributed by atoms with Crippen LogP contribution in [0, 0.1) is 0 Å². The number of aryl methyl sites for hydroxylation is 1. The van der Waals surface area contributed by atoms with Crippen molar-refractivity contribution in [2.24, 2.45) is 4.99 Å². The molecule has 0 saturated carbocycles. The number of amides is 1. The van der Waals surface area contributed by atoms with E-state index in [9.17, 15) is 4.79 Å². The third-order valence-corrected chi connectivity index (χ3v) is 5.11. The first-order valence-electron chi connectivity index (χ1n) is 9.07. The van der Waals surface area contributed by atoms with Crippen LogP contribution in [0.2, 0.25) is 0 Å². The number of nitrogens with zero attached hydrogens (tertiary/aromatic N) is 5. The van der Waals surface area contributed by atoms with Gasteiger partial charge in [0.15, 0.2) is 5.96 Å². The topological polar surface area (TPSA) is 85.8 Å². The van der Waals surface area contributed by atoms with Crippen LogP contribution in [0.1, 0.15) is 12.7 Å². The van der Waals surface area contributed by atoms with Gasteiger partial charge in [0, 0.05) is 56.9 Å². The number of aliphatic imine (C=N–C) groups is 1. The van der Waals surface area contributed by atoms with Crippen molar-refractivity contribution in [1.29, 1.82) is 0 Å². The number of hydrogen-bond acceptors (Lipinski definition) is 6. The average molecular weight is 388 g/mol. The number of carbonyl (C=O) groups is 1. The van der Waals surface area contributed by atoms with Crippen LogP contribution < -0.4 is 15.5 Å². The Morgan fingerprint density at radius 2 is 1.96 bits per heavy atom. The van der Waals surface area contributed by atoms with Gasteiger partial charge >= 0.3 is 0 Å². The molecular formula is C18H25N7OS. The molecule has 2 heterocycles. The van der Waals surface area contributed by atoms with Gasteiger partial charge in [-0.05, 0) is 12.1 Å². The molecule has 0 spiro atoms. The lowest BCUT2D eigenvalue weighted by Gasteiger charge is -2.36. The molecule has 1 aliphatic rings. The van der Waals surface area contributed by atoms with E-state index in [1.165, 1.54) is 11.5 Å². The van der Waals surface area contributed by atoms with Gasteiger partial charge in [0.25, 0.3) is 0 Å². The molecule has 0 atom stereocenters. The summed E-state index contributed by atoms with van der Waals surface area (Å²) in [7, 11) is 1.74. The molecule has 1 aromatic carbocycles. The second kappa shape index (κ2) is 9.31. The molecule has 0 unspecified atom stereocenters. The van der Waals surface area contributed by atoms with Crippen LogP contribution in [0.5, 0.6) is 0 Å². The van der Waals surface area contributed by atoms with Crippen molar-refractivity contribution >= 4 is 34.2 Å². The summed E-state index contributed by atoms with van der Waals surface area (Å²) in [5.74, 6) is 1.55. The molecule has 27 heavy (non-hydrogen) atoms. The third kappa shape index (κ3) is 5.16. The number of anilines is 2. The number of piperazine rings is 1. The smallest absolute Gasteiger partial charge is 0.243 e. The Labute approximate surface area is 163 Å². The van der Waals surface area contributed by atoms with E-state index in [2.05, 4.69) is 41.7 Å². The van der Waals surface area contributed by atoms with Crippen molar-refractivity contribution in [1.82, 2.24) is 19.6 Å². The molecule has 1 aliphatic heterocycles. The third-order valence-electron chi connectivity index (χ3n) is 4.30. The molecule has 2 aromatic rings. The Hall–Kier alpha value is -2.68. The molecule has 2 N–H and O–H groups in total. The van der Waals surface area contributed by atoms with Gasteiger partial charge in [-0.1, -0.05) is 25.1 Å². The molecule has 1 amide bonds. The van der Waals surface area contributed by atoms with Crippen molar-refractivity contribution in [3.8, 4) is 0 Å². The number of benzene rings is 1. The Bertz CT molecular complexity index is 769. The van der Waals surface area contributed by atoms with Gasteiger partial charge in [0.05, 0.1) is 6.54 Å². The average Bonchev–Trinajstić information content (AvgIpc) is 3.19. The second-order valence-electron chi connectivity index (χ2n) is 6.14. The molecule has 0 bridgehead atoms. The number of hydrogen-bond donors (Lipinski definition) is 2. The zero-order valence-corrected chi connectivity index (χ0v) is 16.5. The van der Waals surface area contributed by atoms with Crippen LogP contribution in [-0.2, 0) is 11.2 Å². The van der Waals surface area contributed by atoms with E-state index in [1.54, 1.807) is 7.05 Å². The van der Waals surface area contributed by atoms with Gasteiger partial charge in [-0.25, -0.2) is 4.98 Å². The highest BCUT2D eigenvalue weighted by Crippen LogP contribution is 2.19. The van der Waals surface area contributed by atoms with Gasteiger partial charge in [0.2, 0.25) is 11.0 Å². The van der Waals surface area contributed by atoms with E-state index in [0.717, 1.165) is 55.2 Å². The lowest BCUT2D eigenvalue weighted by molar-refractivity contribution is -0.115. The number of carbonyl (C=O) groups excluding carboxylic acids is 1. The summed E-state index contributed by atoms with van der Waals surface area (Å²) in [6.07, 6.45) is 0.859. The quantitative estimate of drug-likeness (QED) is 0.596. The molecule has 0 aliphatic carbocycles. The van der Waals surface area contributed by atoms with E-state index in [1.807, 2.05) is 30.3 Å². The van der Waals surface area contributed by atoms with E-state index in [4.69, 9.17) is 0 Å². The minimum Gasteiger partial charge on any atom is -0.347 e. The summed E-state index contributed by atoms with van der Waals surface area (Å²) < 4.78 is 4.36. The number of para-hydroxylation sites is 1. The van der Waals surface area contributed by atoms with Crippen molar-refractivity contribution in [2.75, 3.05) is 50.0 Å². The van der Waals surface area contributed by atoms with Crippen molar-refractivity contribution < 1.29 is 4.79 Å². The predicted octanol–water partition coefficient (Wildman–Crippen LogP) is 1.44. The van der Waals surface area contributed by atoms with Crippen molar-refractivity contribution in [3.63, 3.8) is 0 Å². The molecule has 1 fully saturated rings. The van der Waals surface area contributed by atoms with Gasteiger partial charge in [-0.2, -0.15) is 4.37 Å². The molecule has 9 heteroatoms. The monoisotopic (exact) mass is 387 g/mol. The van der Waals surface area contributed by atoms with E-state index in [-0.39, 0.29) is 12.5 Å². The fourth-order valence-corrected chi connectivity index (χ4v) is 3.65. The maximum atomic E-state index is 12.1. The molecule has 0 radical (unpaired) electrons. The number of aromatic nitrogens is 2. The maximum absolute atomic E-state index is 12.1. The normalized spacial score (nSPS) is 15.0. The zero-order valence-electron chi connectivity index (χ0n) is 15.7. The largest absolute Gasteiger partial charge is 0.347 e. The predicted molar refractivity (Wildman–Crippen MR) is 110 cm³/mol. The van der Waals surface area contributed by atoms with Crippen LogP contribution in [0.4, 0.5) is 10.8 Å². The van der Waals surface area contributed by atoms with Crippen LogP contribution in [-0.4, -0.2) is 65.9 Å². The first-order valence-corrected chi connectivity index (χ1v) is 9.85. The molecule has 144 valence electrons. The first-order chi connectivity index (χ1) is 13.2. The first kappa shape index (κ1) is 19.1. The van der Waals surface area contributed by atoms with Crippen LogP contribution >= 0.6 is 11.5 Å². The molecule has 1 saturated heterocycles. The number of rotatable bonds is 5. The summed E-state index contributed by atoms with van der Waals surface area (Å²) in [4.78, 5) is 25.4. The summed E-state index contributed by atoms with van der Waals surface area (Å²) in [6, 6.07) is 9.43. The highest BCUT2D eigenvalue weighted by Gasteiger charge is 2.22. The van der Waals surface area contributed by atoms with Crippen molar-refractivity contribution in [3.05, 3.63) is 36.2 Å². The van der Waals surface area contributed by atoms with E-state index < -0.39 is 0 Å². The standard InChI is InChI=1S/C18H25N7OS/c1-3-15-22-18(27-23-15)25-11-9-24(10-12-25)17(19-2)20-13-16(26)21-14-7-5-4-6-8-14/h4-8H,3,9-13H2,1-2H3,(H,19,20)(H,21,26). The minimum absolute atomic E-state index is 0.0954. The Morgan fingerprint density at radius 1 is 1.22 bits per heavy atom. The summed E-state index contributed by atoms with van der Waals surface area (Å²) in [5.41, 5.74) is 0.788. The maximum Gasteiger partial charge on any atom is 0.243 e. The highest BCUT2D eigenvalue weighted by molar-refractivity contribution is 7.09. The summed E-state index contributed by atoms with van der Waals surface area (Å²) in [5, 5.41) is 6.99. The van der Waals surface area contributed by atoms with Gasteiger partial charge in [-0.15, -0.1) is 0 Å². The molecular weight excluding hydrogens is 362 g/mol.